The third-order valence-electron chi connectivity index (χ3n) is 5.37. The minimum absolute atomic E-state index is 0.132. The van der Waals surface area contributed by atoms with Crippen LogP contribution in [0.25, 0.3) is 21.3 Å². The van der Waals surface area contributed by atoms with Crippen LogP contribution in [-0.2, 0) is 11.3 Å². The number of amides is 1. The first-order valence-corrected chi connectivity index (χ1v) is 11.3. The Balaban J connectivity index is 1.44. The molecule has 8 heteroatoms. The highest BCUT2D eigenvalue weighted by atomic mass is 35.5. The van der Waals surface area contributed by atoms with Gasteiger partial charge in [-0.05, 0) is 24.6 Å². The molecule has 3 heterocycles. The molecular weight excluding hydrogens is 432 g/mol. The van der Waals surface area contributed by atoms with Crippen LogP contribution in [0, 0.1) is 0 Å². The van der Waals surface area contributed by atoms with E-state index in [4.69, 9.17) is 11.6 Å². The molecular formula is C23H19ClN4O2S. The van der Waals surface area contributed by atoms with Crippen molar-refractivity contribution in [3.05, 3.63) is 75.1 Å². The van der Waals surface area contributed by atoms with E-state index in [-0.39, 0.29) is 11.5 Å². The first-order valence-electron chi connectivity index (χ1n) is 10.0. The van der Waals surface area contributed by atoms with E-state index < -0.39 is 0 Å². The molecule has 1 fully saturated rings. The zero-order chi connectivity index (χ0) is 21.4. The average molecular weight is 451 g/mol. The summed E-state index contributed by atoms with van der Waals surface area (Å²) in [7, 11) is 0. The van der Waals surface area contributed by atoms with Gasteiger partial charge in [-0.15, -0.1) is 11.3 Å². The Labute approximate surface area is 187 Å². The van der Waals surface area contributed by atoms with Crippen LogP contribution in [0.5, 0.6) is 0 Å². The maximum Gasteiger partial charge on any atom is 0.260 e. The normalized spacial score (nSPS) is 13.8. The van der Waals surface area contributed by atoms with Gasteiger partial charge in [0.15, 0.2) is 0 Å². The molecule has 0 unspecified atom stereocenters. The van der Waals surface area contributed by atoms with Crippen molar-refractivity contribution in [1.29, 1.82) is 0 Å². The highest BCUT2D eigenvalue weighted by molar-refractivity contribution is 7.17. The number of hydrogen-bond acceptors (Lipinski definition) is 5. The standard InChI is InChI=1S/C23H19ClN4O2S/c24-16-7-2-1-6-14(16)15-13-31-23-21(15)22(30)26-19(27-23)12-25-17-8-3-4-9-18(17)28-11-5-10-20(28)29/h1-4,6-9,13,25H,5,10-12H2,(H,26,27,30). The van der Waals surface area contributed by atoms with Crippen molar-refractivity contribution in [2.24, 2.45) is 0 Å². The average Bonchev–Trinajstić information content (AvgIpc) is 3.39. The Morgan fingerprint density at radius 3 is 2.71 bits per heavy atom. The number of benzene rings is 2. The molecule has 2 aromatic carbocycles. The Bertz CT molecular complexity index is 1350. The number of nitrogens with zero attached hydrogens (tertiary/aromatic N) is 2. The third kappa shape index (κ3) is 3.71. The molecule has 1 saturated heterocycles. The molecule has 0 atom stereocenters. The number of halogens is 1. The van der Waals surface area contributed by atoms with E-state index in [1.54, 1.807) is 4.90 Å². The summed E-state index contributed by atoms with van der Waals surface area (Å²) in [5.74, 6) is 0.667. The van der Waals surface area contributed by atoms with Gasteiger partial charge in [0.2, 0.25) is 5.91 Å². The molecule has 1 aliphatic rings. The monoisotopic (exact) mass is 450 g/mol. The lowest BCUT2D eigenvalue weighted by molar-refractivity contribution is -0.117. The summed E-state index contributed by atoms with van der Waals surface area (Å²) in [5.41, 5.74) is 3.10. The summed E-state index contributed by atoms with van der Waals surface area (Å²) in [6, 6.07) is 15.2. The number of carbonyl (C=O) groups excluding carboxylic acids is 1. The summed E-state index contributed by atoms with van der Waals surface area (Å²) in [4.78, 5) is 35.1. The fourth-order valence-electron chi connectivity index (χ4n) is 3.90. The number of aromatic amines is 1. The number of para-hydroxylation sites is 2. The van der Waals surface area contributed by atoms with Crippen LogP contribution in [-0.4, -0.2) is 22.4 Å². The molecule has 0 saturated carbocycles. The summed E-state index contributed by atoms with van der Waals surface area (Å²) < 4.78 is 0. The molecule has 0 spiro atoms. The number of carbonyl (C=O) groups is 1. The maximum absolute atomic E-state index is 12.9. The van der Waals surface area contributed by atoms with Crippen LogP contribution in [0.3, 0.4) is 0 Å². The van der Waals surface area contributed by atoms with Crippen LogP contribution in [0.4, 0.5) is 11.4 Å². The van der Waals surface area contributed by atoms with E-state index in [0.29, 0.717) is 34.0 Å². The molecule has 4 aromatic rings. The number of fused-ring (bicyclic) bond motifs is 1. The fourth-order valence-corrected chi connectivity index (χ4v) is 5.09. The Hall–Kier alpha value is -3.16. The molecule has 0 aliphatic carbocycles. The second-order valence-corrected chi connectivity index (χ2v) is 8.61. The van der Waals surface area contributed by atoms with Crippen molar-refractivity contribution in [2.75, 3.05) is 16.8 Å². The molecule has 1 amide bonds. The van der Waals surface area contributed by atoms with E-state index in [1.165, 1.54) is 11.3 Å². The van der Waals surface area contributed by atoms with Gasteiger partial charge in [-0.25, -0.2) is 4.98 Å². The number of rotatable bonds is 5. The lowest BCUT2D eigenvalue weighted by Gasteiger charge is -2.20. The smallest absolute Gasteiger partial charge is 0.260 e. The first kappa shape index (κ1) is 19.8. The lowest BCUT2D eigenvalue weighted by atomic mass is 10.1. The molecule has 2 N–H and O–H groups in total. The number of H-pyrrole nitrogens is 1. The number of aromatic nitrogens is 2. The largest absolute Gasteiger partial charge is 0.376 e. The lowest BCUT2D eigenvalue weighted by Crippen LogP contribution is -2.25. The Morgan fingerprint density at radius 2 is 1.90 bits per heavy atom. The van der Waals surface area contributed by atoms with Crippen molar-refractivity contribution < 1.29 is 4.79 Å². The summed E-state index contributed by atoms with van der Waals surface area (Å²) >= 11 is 7.75. The van der Waals surface area contributed by atoms with Gasteiger partial charge in [-0.2, -0.15) is 0 Å². The van der Waals surface area contributed by atoms with E-state index in [1.807, 2.05) is 53.9 Å². The van der Waals surface area contributed by atoms with Gasteiger partial charge in [-0.3, -0.25) is 9.59 Å². The number of thiophene rings is 1. The maximum atomic E-state index is 12.9. The number of nitrogens with one attached hydrogen (secondary N) is 2. The van der Waals surface area contributed by atoms with E-state index in [2.05, 4.69) is 15.3 Å². The molecule has 0 bridgehead atoms. The molecule has 2 aromatic heterocycles. The third-order valence-corrected chi connectivity index (χ3v) is 6.57. The van der Waals surface area contributed by atoms with Crippen molar-refractivity contribution in [1.82, 2.24) is 9.97 Å². The molecule has 0 radical (unpaired) electrons. The second kappa shape index (κ2) is 8.17. The van der Waals surface area contributed by atoms with E-state index in [0.717, 1.165) is 35.5 Å². The zero-order valence-corrected chi connectivity index (χ0v) is 18.1. The van der Waals surface area contributed by atoms with Crippen LogP contribution in [0.2, 0.25) is 5.02 Å². The second-order valence-electron chi connectivity index (χ2n) is 7.34. The minimum atomic E-state index is -0.194. The quantitative estimate of drug-likeness (QED) is 0.446. The highest BCUT2D eigenvalue weighted by Crippen LogP contribution is 2.35. The minimum Gasteiger partial charge on any atom is -0.376 e. The van der Waals surface area contributed by atoms with Crippen LogP contribution >= 0.6 is 22.9 Å². The van der Waals surface area contributed by atoms with Gasteiger partial charge in [0.25, 0.3) is 5.56 Å². The SMILES string of the molecule is O=C1CCCN1c1ccccc1NCc1nc2scc(-c3ccccc3Cl)c2c(=O)[nH]1. The molecule has 6 nitrogen and oxygen atoms in total. The molecule has 5 rings (SSSR count). The van der Waals surface area contributed by atoms with Crippen molar-refractivity contribution in [3.63, 3.8) is 0 Å². The zero-order valence-electron chi connectivity index (χ0n) is 16.5. The predicted octanol–water partition coefficient (Wildman–Crippen LogP) is 5.04. The van der Waals surface area contributed by atoms with Gasteiger partial charge < -0.3 is 15.2 Å². The van der Waals surface area contributed by atoms with Gasteiger partial charge in [-0.1, -0.05) is 41.9 Å². The first-order chi connectivity index (χ1) is 15.1. The summed E-state index contributed by atoms with van der Waals surface area (Å²) in [6.45, 7) is 1.06. The number of anilines is 2. The van der Waals surface area contributed by atoms with E-state index in [9.17, 15) is 9.59 Å². The predicted molar refractivity (Wildman–Crippen MR) is 126 cm³/mol. The summed E-state index contributed by atoms with van der Waals surface area (Å²) in [5, 5.41) is 6.38. The number of hydrogen-bond donors (Lipinski definition) is 2. The Morgan fingerprint density at radius 1 is 1.10 bits per heavy atom. The Kier molecular flexibility index (Phi) is 5.21. The fraction of sp³-hybridized carbons (Fsp3) is 0.174. The van der Waals surface area contributed by atoms with E-state index >= 15 is 0 Å². The van der Waals surface area contributed by atoms with Gasteiger partial charge >= 0.3 is 0 Å². The van der Waals surface area contributed by atoms with Crippen LogP contribution in [0.15, 0.2) is 58.7 Å². The van der Waals surface area contributed by atoms with Crippen molar-refractivity contribution in [3.8, 4) is 11.1 Å². The van der Waals surface area contributed by atoms with Gasteiger partial charge in [0, 0.05) is 34.5 Å². The van der Waals surface area contributed by atoms with Crippen LogP contribution < -0.4 is 15.8 Å². The van der Waals surface area contributed by atoms with Crippen LogP contribution in [0.1, 0.15) is 18.7 Å². The van der Waals surface area contributed by atoms with Gasteiger partial charge in [0.1, 0.15) is 10.7 Å². The summed E-state index contributed by atoms with van der Waals surface area (Å²) in [6.07, 6.45) is 1.44. The van der Waals surface area contributed by atoms with Crippen molar-refractivity contribution in [2.45, 2.75) is 19.4 Å². The topological polar surface area (TPSA) is 78.1 Å². The molecule has 1 aliphatic heterocycles. The van der Waals surface area contributed by atoms with Gasteiger partial charge in [0.05, 0.1) is 23.3 Å². The highest BCUT2D eigenvalue weighted by Gasteiger charge is 2.23. The molecule has 31 heavy (non-hydrogen) atoms. The van der Waals surface area contributed by atoms with Crippen molar-refractivity contribution >= 4 is 50.4 Å². The molecule has 156 valence electrons.